The van der Waals surface area contributed by atoms with Crippen LogP contribution in [-0.4, -0.2) is 77.5 Å². The molecule has 0 aromatic heterocycles. The van der Waals surface area contributed by atoms with Gasteiger partial charge in [0.15, 0.2) is 0 Å². The van der Waals surface area contributed by atoms with Crippen molar-refractivity contribution in [1.82, 2.24) is 4.90 Å². The molecule has 7 atom stereocenters. The van der Waals surface area contributed by atoms with Crippen LogP contribution in [0.3, 0.4) is 0 Å². The van der Waals surface area contributed by atoms with Gasteiger partial charge in [-0.2, -0.15) is 0 Å². The third-order valence-corrected chi connectivity index (χ3v) is 8.97. The van der Waals surface area contributed by atoms with E-state index in [-0.39, 0.29) is 28.8 Å². The number of carbonyl (C=O) groups is 3. The zero-order valence-electron chi connectivity index (χ0n) is 22.6. The minimum atomic E-state index is -1.82. The molecule has 0 spiro atoms. The molecule has 3 saturated carbocycles. The van der Waals surface area contributed by atoms with Crippen LogP contribution in [0.25, 0.3) is 0 Å². The molecule has 0 saturated heterocycles. The van der Waals surface area contributed by atoms with Gasteiger partial charge in [0, 0.05) is 24.1 Å². The van der Waals surface area contributed by atoms with E-state index in [4.69, 9.17) is 24.6 Å². The van der Waals surface area contributed by atoms with Crippen LogP contribution in [0.4, 0.5) is 0 Å². The molecule has 0 heterocycles. The van der Waals surface area contributed by atoms with Crippen molar-refractivity contribution in [1.29, 1.82) is 0 Å². The Bertz CT molecular complexity index is 789. The predicted octanol–water partition coefficient (Wildman–Crippen LogP) is 3.69. The lowest BCUT2D eigenvalue weighted by atomic mass is 9.45. The molecule has 1 unspecified atom stereocenters. The number of carboxylic acids is 2. The van der Waals surface area contributed by atoms with Crippen molar-refractivity contribution >= 4 is 23.9 Å². The molecule has 3 fully saturated rings. The van der Waals surface area contributed by atoms with Crippen molar-refractivity contribution in [2.45, 2.75) is 84.7 Å². The van der Waals surface area contributed by atoms with Gasteiger partial charge in [0.05, 0.1) is 6.10 Å². The van der Waals surface area contributed by atoms with Crippen LogP contribution in [0.2, 0.25) is 0 Å². The molecule has 0 aromatic carbocycles. The number of aliphatic hydroxyl groups excluding tert-OH is 1. The summed E-state index contributed by atoms with van der Waals surface area (Å²) in [6.07, 6.45) is 10.7. The Morgan fingerprint density at radius 2 is 1.83 bits per heavy atom. The van der Waals surface area contributed by atoms with Crippen molar-refractivity contribution in [3.05, 3.63) is 0 Å². The van der Waals surface area contributed by atoms with Crippen LogP contribution in [0, 0.1) is 34.5 Å². The number of oxime groups is 1. The normalized spacial score (nSPS) is 36.0. The van der Waals surface area contributed by atoms with Crippen LogP contribution in [0.5, 0.6) is 0 Å². The first-order chi connectivity index (χ1) is 16.9. The fraction of sp³-hybridized carbons (Fsp3) is 0.852. The van der Waals surface area contributed by atoms with Crippen molar-refractivity contribution in [3.8, 4) is 0 Å². The zero-order valence-corrected chi connectivity index (χ0v) is 22.6. The second-order valence-electron chi connectivity index (χ2n) is 11.7. The lowest BCUT2D eigenvalue weighted by Gasteiger charge is -2.59. The number of hydrogen-bond donors (Lipinski definition) is 3. The SMILES string of the molecule is CCC[C@@]1(C)CC[C@H]2[C@@H](CC[C@@H]3C[C@@H](O)C(C/C=N/OCCN(C)C)C[C@@]32C)C1=O.O=C(O)C(=O)O. The predicted molar refractivity (Wildman–Crippen MR) is 137 cm³/mol. The van der Waals surface area contributed by atoms with Gasteiger partial charge in [-0.15, -0.1) is 0 Å². The quantitative estimate of drug-likeness (QED) is 0.195. The molecule has 0 amide bonds. The molecule has 0 aromatic rings. The van der Waals surface area contributed by atoms with E-state index in [0.29, 0.717) is 24.2 Å². The highest BCUT2D eigenvalue weighted by molar-refractivity contribution is 6.27. The molecule has 206 valence electrons. The van der Waals surface area contributed by atoms with Gasteiger partial charge in [0.1, 0.15) is 12.4 Å². The molecular formula is C27H46N2O7. The summed E-state index contributed by atoms with van der Waals surface area (Å²) in [5, 5.41) is 29.7. The maximum atomic E-state index is 13.5. The zero-order chi connectivity index (χ0) is 27.1. The van der Waals surface area contributed by atoms with E-state index < -0.39 is 11.9 Å². The van der Waals surface area contributed by atoms with E-state index in [9.17, 15) is 9.90 Å². The van der Waals surface area contributed by atoms with Crippen LogP contribution in [0.15, 0.2) is 5.16 Å². The van der Waals surface area contributed by atoms with E-state index in [0.717, 1.165) is 57.9 Å². The van der Waals surface area contributed by atoms with E-state index in [1.165, 1.54) is 6.42 Å². The fourth-order valence-corrected chi connectivity index (χ4v) is 7.00. The number of rotatable bonds is 8. The second kappa shape index (κ2) is 13.0. The molecular weight excluding hydrogens is 464 g/mol. The monoisotopic (exact) mass is 510 g/mol. The lowest BCUT2D eigenvalue weighted by Crippen LogP contribution is -2.56. The molecule has 9 nitrogen and oxygen atoms in total. The molecule has 3 rings (SSSR count). The average molecular weight is 511 g/mol. The third kappa shape index (κ3) is 7.28. The first-order valence-electron chi connectivity index (χ1n) is 13.3. The van der Waals surface area contributed by atoms with E-state index in [1.807, 2.05) is 20.3 Å². The van der Waals surface area contributed by atoms with E-state index in [1.54, 1.807) is 0 Å². The van der Waals surface area contributed by atoms with E-state index >= 15 is 0 Å². The van der Waals surface area contributed by atoms with Gasteiger partial charge < -0.3 is 25.1 Å². The summed E-state index contributed by atoms with van der Waals surface area (Å²) in [6.45, 7) is 8.26. The average Bonchev–Trinajstić information content (AvgIpc) is 2.79. The molecule has 0 radical (unpaired) electrons. The third-order valence-electron chi connectivity index (χ3n) is 8.97. The Morgan fingerprint density at radius 1 is 1.17 bits per heavy atom. The van der Waals surface area contributed by atoms with Crippen LogP contribution in [0.1, 0.15) is 78.6 Å². The van der Waals surface area contributed by atoms with Gasteiger partial charge >= 0.3 is 11.9 Å². The maximum absolute atomic E-state index is 13.5. The number of aliphatic hydroxyl groups is 1. The van der Waals surface area contributed by atoms with Crippen molar-refractivity contribution in [2.75, 3.05) is 27.2 Å². The summed E-state index contributed by atoms with van der Waals surface area (Å²) in [4.78, 5) is 39.1. The minimum Gasteiger partial charge on any atom is -0.473 e. The Morgan fingerprint density at radius 3 is 2.42 bits per heavy atom. The summed E-state index contributed by atoms with van der Waals surface area (Å²) >= 11 is 0. The lowest BCUT2D eigenvalue weighted by molar-refractivity contribution is -0.159. The van der Waals surface area contributed by atoms with Gasteiger partial charge in [-0.25, -0.2) is 9.59 Å². The van der Waals surface area contributed by atoms with Crippen molar-refractivity contribution in [3.63, 3.8) is 0 Å². The highest BCUT2D eigenvalue weighted by atomic mass is 16.6. The second-order valence-corrected chi connectivity index (χ2v) is 11.7. The number of Topliss-reactive ketones (excluding diaryl/α,β-unsaturated/α-hetero) is 1. The number of nitrogens with zero attached hydrogens (tertiary/aromatic N) is 2. The van der Waals surface area contributed by atoms with Crippen LogP contribution in [-0.2, 0) is 19.2 Å². The number of aliphatic carboxylic acids is 2. The number of carbonyl (C=O) groups excluding carboxylic acids is 1. The minimum absolute atomic E-state index is 0.108. The summed E-state index contributed by atoms with van der Waals surface area (Å²) in [7, 11) is 4.03. The molecule has 3 N–H and O–H groups in total. The largest absolute Gasteiger partial charge is 0.473 e. The standard InChI is InChI=1S/C25H44N2O3.C2H2O4/c1-6-11-24(2)12-9-21-20(23(24)29)8-7-19-16-22(28)18(17-25(19,21)3)10-13-26-30-15-14-27(4)5;3-1(4)2(5)6/h13,18-22,28H,6-12,14-17H2,1-5H3;(H,3,4)(H,5,6)/b26-13+;/t18?,19-,20-,21+,22-,24+,25+;/m1./s1. The molecule has 36 heavy (non-hydrogen) atoms. The van der Waals surface area contributed by atoms with Gasteiger partial charge in [-0.3, -0.25) is 4.79 Å². The first kappa shape index (κ1) is 30.2. The maximum Gasteiger partial charge on any atom is 0.414 e. The molecule has 0 bridgehead atoms. The summed E-state index contributed by atoms with van der Waals surface area (Å²) in [5.41, 5.74) is 0.0545. The first-order valence-corrected chi connectivity index (χ1v) is 13.3. The van der Waals surface area contributed by atoms with Gasteiger partial charge in [0.2, 0.25) is 0 Å². The topological polar surface area (TPSA) is 137 Å². The summed E-state index contributed by atoms with van der Waals surface area (Å²) in [5.74, 6) is -1.64. The number of fused-ring (bicyclic) bond motifs is 3. The highest BCUT2D eigenvalue weighted by Crippen LogP contribution is 2.61. The van der Waals surface area contributed by atoms with Gasteiger partial charge in [-0.05, 0) is 88.6 Å². The van der Waals surface area contributed by atoms with Gasteiger partial charge in [0.25, 0.3) is 0 Å². The van der Waals surface area contributed by atoms with Crippen molar-refractivity contribution < 1.29 is 34.5 Å². The van der Waals surface area contributed by atoms with Crippen molar-refractivity contribution in [2.24, 2.45) is 39.7 Å². The van der Waals surface area contributed by atoms with Gasteiger partial charge in [-0.1, -0.05) is 32.3 Å². The molecule has 9 heteroatoms. The number of likely N-dealkylation sites (N-methyl/N-ethyl adjacent to an activating group) is 1. The fourth-order valence-electron chi connectivity index (χ4n) is 7.00. The number of ketones is 1. The summed E-state index contributed by atoms with van der Waals surface area (Å²) in [6, 6.07) is 0. The number of carboxylic acid groups (broad SMARTS) is 2. The van der Waals surface area contributed by atoms with Crippen LogP contribution >= 0.6 is 0 Å². The number of hydrogen-bond acceptors (Lipinski definition) is 7. The van der Waals surface area contributed by atoms with E-state index in [2.05, 4.69) is 30.8 Å². The highest BCUT2D eigenvalue weighted by Gasteiger charge is 2.57. The Kier molecular flexibility index (Phi) is 10.9. The molecule has 0 aliphatic heterocycles. The summed E-state index contributed by atoms with van der Waals surface area (Å²) < 4.78 is 0. The Balaban J connectivity index is 0.000000678. The Hall–Kier alpha value is -2.00. The molecule has 3 aliphatic carbocycles. The van der Waals surface area contributed by atoms with Crippen LogP contribution < -0.4 is 0 Å². The Labute approximate surface area is 215 Å². The molecule has 3 aliphatic rings. The smallest absolute Gasteiger partial charge is 0.414 e.